The standard InChI is InChI=1S/C12H7F3N4O2/c13-12(14,15)6-3-1-2-4-7(6)16-9-5-8-10(17-11(9)20)19-21-18-8/h1-5,16H,(H,17,19,20). The molecule has 0 saturated heterocycles. The Morgan fingerprint density at radius 3 is 2.67 bits per heavy atom. The zero-order valence-corrected chi connectivity index (χ0v) is 10.2. The fourth-order valence-electron chi connectivity index (χ4n) is 1.83. The Kier molecular flexibility index (Phi) is 2.89. The number of nitrogens with one attached hydrogen (secondary N) is 2. The maximum atomic E-state index is 12.9. The summed E-state index contributed by atoms with van der Waals surface area (Å²) in [4.78, 5) is 14.1. The van der Waals surface area contributed by atoms with Gasteiger partial charge in [0.25, 0.3) is 5.56 Å². The van der Waals surface area contributed by atoms with E-state index >= 15 is 0 Å². The molecule has 6 nitrogen and oxygen atoms in total. The number of hydrogen-bond acceptors (Lipinski definition) is 5. The van der Waals surface area contributed by atoms with Crippen LogP contribution in [-0.4, -0.2) is 15.3 Å². The predicted molar refractivity (Wildman–Crippen MR) is 67.2 cm³/mol. The second-order valence-electron chi connectivity index (χ2n) is 4.18. The number of para-hydroxylation sites is 1. The van der Waals surface area contributed by atoms with Gasteiger partial charge >= 0.3 is 6.18 Å². The summed E-state index contributed by atoms with van der Waals surface area (Å²) in [5.74, 6) is 0. The van der Waals surface area contributed by atoms with E-state index in [0.717, 1.165) is 6.07 Å². The largest absolute Gasteiger partial charge is 0.418 e. The van der Waals surface area contributed by atoms with Crippen LogP contribution in [0.4, 0.5) is 24.5 Å². The quantitative estimate of drug-likeness (QED) is 0.759. The van der Waals surface area contributed by atoms with Crippen LogP contribution in [0.2, 0.25) is 0 Å². The zero-order chi connectivity index (χ0) is 15.0. The van der Waals surface area contributed by atoms with Gasteiger partial charge in [-0.15, -0.1) is 0 Å². The molecule has 21 heavy (non-hydrogen) atoms. The first-order valence-electron chi connectivity index (χ1n) is 5.74. The van der Waals surface area contributed by atoms with Crippen molar-refractivity contribution in [1.29, 1.82) is 0 Å². The summed E-state index contributed by atoms with van der Waals surface area (Å²) in [6.45, 7) is 0. The monoisotopic (exact) mass is 296 g/mol. The minimum atomic E-state index is -4.53. The SMILES string of the molecule is O=c1[nH]c2nonc2cc1Nc1ccccc1C(F)(F)F. The highest BCUT2D eigenvalue weighted by Gasteiger charge is 2.33. The maximum Gasteiger partial charge on any atom is 0.418 e. The second-order valence-corrected chi connectivity index (χ2v) is 4.18. The van der Waals surface area contributed by atoms with Crippen LogP contribution in [0.15, 0.2) is 39.8 Å². The average molecular weight is 296 g/mol. The van der Waals surface area contributed by atoms with Crippen molar-refractivity contribution >= 4 is 22.5 Å². The lowest BCUT2D eigenvalue weighted by molar-refractivity contribution is -0.136. The van der Waals surface area contributed by atoms with Crippen LogP contribution in [0, 0.1) is 0 Å². The highest BCUT2D eigenvalue weighted by atomic mass is 19.4. The summed E-state index contributed by atoms with van der Waals surface area (Å²) in [5.41, 5.74) is -1.48. The Morgan fingerprint density at radius 1 is 1.14 bits per heavy atom. The summed E-state index contributed by atoms with van der Waals surface area (Å²) < 4.78 is 43.1. The van der Waals surface area contributed by atoms with Gasteiger partial charge in [-0.3, -0.25) is 4.79 Å². The Labute approximate surface area is 114 Å². The van der Waals surface area contributed by atoms with Crippen molar-refractivity contribution in [1.82, 2.24) is 15.3 Å². The molecule has 0 fully saturated rings. The van der Waals surface area contributed by atoms with Crippen LogP contribution in [-0.2, 0) is 6.18 Å². The fraction of sp³-hybridized carbons (Fsp3) is 0.0833. The third-order valence-electron chi connectivity index (χ3n) is 2.77. The number of alkyl halides is 3. The lowest BCUT2D eigenvalue weighted by Gasteiger charge is -2.13. The summed E-state index contributed by atoms with van der Waals surface area (Å²) in [7, 11) is 0. The Bertz CT molecular complexity index is 853. The van der Waals surface area contributed by atoms with Crippen molar-refractivity contribution in [3.63, 3.8) is 0 Å². The average Bonchev–Trinajstić information content (AvgIpc) is 2.85. The molecule has 0 saturated carbocycles. The minimum absolute atomic E-state index is 0.0881. The molecule has 3 rings (SSSR count). The first-order valence-corrected chi connectivity index (χ1v) is 5.74. The molecule has 108 valence electrons. The van der Waals surface area contributed by atoms with Crippen molar-refractivity contribution in [3.05, 3.63) is 46.2 Å². The van der Waals surface area contributed by atoms with Gasteiger partial charge in [0.1, 0.15) is 5.69 Å². The molecular weight excluding hydrogens is 289 g/mol. The van der Waals surface area contributed by atoms with Gasteiger partial charge in [-0.05, 0) is 22.4 Å². The summed E-state index contributed by atoms with van der Waals surface area (Å²) in [6.07, 6.45) is -4.53. The van der Waals surface area contributed by atoms with Gasteiger partial charge < -0.3 is 10.3 Å². The van der Waals surface area contributed by atoms with Crippen LogP contribution in [0.5, 0.6) is 0 Å². The van der Waals surface area contributed by atoms with Crippen LogP contribution < -0.4 is 10.9 Å². The summed E-state index contributed by atoms with van der Waals surface area (Å²) in [6, 6.07) is 6.11. The van der Waals surface area contributed by atoms with E-state index in [0.29, 0.717) is 0 Å². The van der Waals surface area contributed by atoms with Crippen molar-refractivity contribution in [3.8, 4) is 0 Å². The van der Waals surface area contributed by atoms with Crippen LogP contribution in [0.3, 0.4) is 0 Å². The lowest BCUT2D eigenvalue weighted by atomic mass is 10.1. The molecule has 0 amide bonds. The number of fused-ring (bicyclic) bond motifs is 1. The topological polar surface area (TPSA) is 83.8 Å². The maximum absolute atomic E-state index is 12.9. The molecule has 0 bridgehead atoms. The third kappa shape index (κ3) is 2.45. The molecule has 3 aromatic rings. The molecule has 0 radical (unpaired) electrons. The molecule has 0 aliphatic rings. The molecule has 9 heteroatoms. The highest BCUT2D eigenvalue weighted by Crippen LogP contribution is 2.35. The first-order chi connectivity index (χ1) is 9.95. The van der Waals surface area contributed by atoms with Gasteiger partial charge in [0.15, 0.2) is 5.52 Å². The smallest absolute Gasteiger partial charge is 0.350 e. The van der Waals surface area contributed by atoms with E-state index in [1.807, 2.05) is 0 Å². The van der Waals surface area contributed by atoms with E-state index in [1.165, 1.54) is 24.3 Å². The molecule has 2 N–H and O–H groups in total. The van der Waals surface area contributed by atoms with E-state index in [2.05, 4.69) is 25.2 Å². The number of H-pyrrole nitrogens is 1. The lowest BCUT2D eigenvalue weighted by Crippen LogP contribution is -2.14. The zero-order valence-electron chi connectivity index (χ0n) is 10.2. The van der Waals surface area contributed by atoms with Crippen LogP contribution in [0.1, 0.15) is 5.56 Å². The molecule has 1 aromatic carbocycles. The molecule has 0 atom stereocenters. The number of benzene rings is 1. The van der Waals surface area contributed by atoms with Gasteiger partial charge in [-0.1, -0.05) is 12.1 Å². The van der Waals surface area contributed by atoms with Gasteiger partial charge in [-0.2, -0.15) is 13.2 Å². The van der Waals surface area contributed by atoms with Crippen molar-refractivity contribution < 1.29 is 17.8 Å². The fourth-order valence-corrected chi connectivity index (χ4v) is 1.83. The number of nitrogens with zero attached hydrogens (tertiary/aromatic N) is 2. The number of halogens is 3. The van der Waals surface area contributed by atoms with Gasteiger partial charge in [0.05, 0.1) is 11.3 Å². The van der Waals surface area contributed by atoms with E-state index in [4.69, 9.17) is 0 Å². The molecule has 2 aromatic heterocycles. The van der Waals surface area contributed by atoms with Crippen LogP contribution in [0.25, 0.3) is 11.2 Å². The third-order valence-corrected chi connectivity index (χ3v) is 2.77. The molecule has 2 heterocycles. The number of hydrogen-bond donors (Lipinski definition) is 2. The minimum Gasteiger partial charge on any atom is -0.350 e. The van der Waals surface area contributed by atoms with Gasteiger partial charge in [0, 0.05) is 6.07 Å². The van der Waals surface area contributed by atoms with E-state index < -0.39 is 17.3 Å². The van der Waals surface area contributed by atoms with E-state index in [-0.39, 0.29) is 22.5 Å². The molecule has 0 unspecified atom stereocenters. The number of anilines is 2. The Hall–Kier alpha value is -2.84. The number of rotatable bonds is 2. The van der Waals surface area contributed by atoms with Crippen LogP contribution >= 0.6 is 0 Å². The molecular formula is C12H7F3N4O2. The number of aromatic amines is 1. The Balaban J connectivity index is 2.07. The number of pyridine rings is 1. The summed E-state index contributed by atoms with van der Waals surface area (Å²) in [5, 5.41) is 9.41. The first kappa shape index (κ1) is 13.2. The Morgan fingerprint density at radius 2 is 1.90 bits per heavy atom. The molecule has 0 aliphatic heterocycles. The highest BCUT2D eigenvalue weighted by molar-refractivity contribution is 5.75. The van der Waals surface area contributed by atoms with E-state index in [1.54, 1.807) is 0 Å². The molecule has 0 aliphatic carbocycles. The molecule has 0 spiro atoms. The summed E-state index contributed by atoms with van der Waals surface area (Å²) >= 11 is 0. The second kappa shape index (κ2) is 4.62. The van der Waals surface area contributed by atoms with Crippen molar-refractivity contribution in [2.24, 2.45) is 0 Å². The van der Waals surface area contributed by atoms with E-state index in [9.17, 15) is 18.0 Å². The van der Waals surface area contributed by atoms with Gasteiger partial charge in [0.2, 0.25) is 5.65 Å². The van der Waals surface area contributed by atoms with Crippen molar-refractivity contribution in [2.75, 3.05) is 5.32 Å². The normalized spacial score (nSPS) is 11.8. The predicted octanol–water partition coefficient (Wildman–Crippen LogP) is 2.67. The number of aromatic nitrogens is 3. The van der Waals surface area contributed by atoms with Crippen molar-refractivity contribution in [2.45, 2.75) is 6.18 Å². The van der Waals surface area contributed by atoms with Gasteiger partial charge in [-0.25, -0.2) is 4.63 Å².